The Balaban J connectivity index is 4.65. The van der Waals surface area contributed by atoms with E-state index < -0.39 is 57.8 Å². The van der Waals surface area contributed by atoms with Crippen LogP contribution in [0.15, 0.2) is 12.2 Å². The van der Waals surface area contributed by atoms with Gasteiger partial charge in [0.15, 0.2) is 6.10 Å². The summed E-state index contributed by atoms with van der Waals surface area (Å²) in [4.78, 5) is 48.6. The predicted molar refractivity (Wildman–Crippen MR) is 307 cm³/mol. The minimum Gasteiger partial charge on any atom is -0.462 e. The zero-order valence-electron chi connectivity index (χ0n) is 48.6. The van der Waals surface area contributed by atoms with Crippen molar-refractivity contribution in [1.82, 2.24) is 0 Å². The Morgan fingerprint density at radius 3 is 0.946 bits per heavy atom. The largest absolute Gasteiger partial charge is 0.472 e. The molecule has 0 heterocycles. The topological polar surface area (TPSA) is 155 Å². The Bertz CT molecular complexity index is 1290. The van der Waals surface area contributed by atoms with Crippen molar-refractivity contribution < 1.29 is 52.2 Å². The smallest absolute Gasteiger partial charge is 0.462 e. The van der Waals surface area contributed by atoms with Gasteiger partial charge in [-0.2, -0.15) is 0 Å². The number of rotatable bonds is 60. The number of aliphatic hydroxyl groups excluding tert-OH is 1. The van der Waals surface area contributed by atoms with E-state index in [-0.39, 0.29) is 25.9 Å². The molecule has 0 spiro atoms. The van der Waals surface area contributed by atoms with Crippen molar-refractivity contribution in [3.63, 3.8) is 0 Å². The lowest BCUT2D eigenvalue weighted by molar-refractivity contribution is -0.161. The Hall–Kier alpha value is -1.78. The summed E-state index contributed by atoms with van der Waals surface area (Å²) in [6.07, 6.45) is 57.3. The van der Waals surface area contributed by atoms with E-state index in [1.807, 2.05) is 0 Å². The van der Waals surface area contributed by atoms with Crippen LogP contribution in [0.1, 0.15) is 329 Å². The first kappa shape index (κ1) is 72.2. The summed E-state index contributed by atoms with van der Waals surface area (Å²) < 4.78 is 39.6. The van der Waals surface area contributed by atoms with Gasteiger partial charge in [0.1, 0.15) is 12.7 Å². The van der Waals surface area contributed by atoms with E-state index in [1.54, 1.807) is 0 Å². The molecule has 0 radical (unpaired) electrons. The normalized spacial score (nSPS) is 13.3. The minimum atomic E-state index is -4.74. The standard InChI is InChI=1S/C62H119O11P/c1-4-7-10-13-16-19-22-25-27-29-31-34-36-39-42-45-48-51-60(64)69-55-59(73-62(66)53-50-47-44-41-38-35-32-30-28-26-23-20-17-14-11-8-5-2)57-71-74(67,68)70-56-58(54-63)72-61(65)52-49-46-43-40-37-33-24-21-18-15-12-9-6-3/h21,24,58-59,63H,4-20,22-23,25-57H2,1-3H3,(H,67,68)/b24-21-. The molecule has 0 aliphatic carbocycles. The fourth-order valence-electron chi connectivity index (χ4n) is 9.35. The van der Waals surface area contributed by atoms with Gasteiger partial charge in [-0.1, -0.05) is 277 Å². The van der Waals surface area contributed by atoms with Gasteiger partial charge < -0.3 is 24.2 Å². The molecule has 0 aromatic heterocycles. The molecule has 0 aromatic carbocycles. The molecule has 11 nitrogen and oxygen atoms in total. The van der Waals surface area contributed by atoms with Crippen LogP contribution in [0.25, 0.3) is 0 Å². The molecule has 0 bridgehead atoms. The second kappa shape index (κ2) is 57.4. The number of carbonyl (C=O) groups is 3. The average Bonchev–Trinajstić information content (AvgIpc) is 3.39. The number of hydrogen-bond acceptors (Lipinski definition) is 10. The number of ether oxygens (including phenoxy) is 3. The highest BCUT2D eigenvalue weighted by molar-refractivity contribution is 7.47. The molecule has 2 N–H and O–H groups in total. The first-order chi connectivity index (χ1) is 36.2. The maximum atomic E-state index is 12.9. The maximum absolute atomic E-state index is 12.9. The van der Waals surface area contributed by atoms with E-state index in [0.29, 0.717) is 19.3 Å². The van der Waals surface area contributed by atoms with Crippen LogP contribution in [0.2, 0.25) is 0 Å². The summed E-state index contributed by atoms with van der Waals surface area (Å²) in [5.74, 6) is -1.44. The van der Waals surface area contributed by atoms with Crippen molar-refractivity contribution in [1.29, 1.82) is 0 Å². The summed E-state index contributed by atoms with van der Waals surface area (Å²) in [6, 6.07) is 0. The molecule has 74 heavy (non-hydrogen) atoms. The van der Waals surface area contributed by atoms with Crippen LogP contribution in [0.3, 0.4) is 0 Å². The van der Waals surface area contributed by atoms with Gasteiger partial charge in [-0.25, -0.2) is 4.57 Å². The third-order valence-corrected chi connectivity index (χ3v) is 15.1. The predicted octanol–water partition coefficient (Wildman–Crippen LogP) is 18.8. The summed E-state index contributed by atoms with van der Waals surface area (Å²) in [6.45, 7) is 4.70. The zero-order valence-corrected chi connectivity index (χ0v) is 49.5. The van der Waals surface area contributed by atoms with Crippen LogP contribution in [0.4, 0.5) is 0 Å². The van der Waals surface area contributed by atoms with Crippen LogP contribution >= 0.6 is 7.82 Å². The number of esters is 3. The molecule has 3 unspecified atom stereocenters. The van der Waals surface area contributed by atoms with Crippen LogP contribution < -0.4 is 0 Å². The highest BCUT2D eigenvalue weighted by atomic mass is 31.2. The average molecular weight is 1070 g/mol. The molecule has 0 saturated carbocycles. The number of unbranched alkanes of at least 4 members (excludes halogenated alkanes) is 41. The van der Waals surface area contributed by atoms with Gasteiger partial charge in [0.2, 0.25) is 0 Å². The summed E-state index contributed by atoms with van der Waals surface area (Å²) in [5, 5.41) is 9.82. The van der Waals surface area contributed by atoms with E-state index in [0.717, 1.165) is 77.0 Å². The molecule has 0 amide bonds. The number of phosphoric acid groups is 1. The van der Waals surface area contributed by atoms with E-state index in [4.69, 9.17) is 23.3 Å². The van der Waals surface area contributed by atoms with E-state index in [9.17, 15) is 28.9 Å². The molecule has 0 aliphatic rings. The number of allylic oxidation sites excluding steroid dienone is 2. The molecular weight excluding hydrogens is 952 g/mol. The van der Waals surface area contributed by atoms with E-state index in [2.05, 4.69) is 32.9 Å². The van der Waals surface area contributed by atoms with Crippen LogP contribution in [-0.4, -0.2) is 66.5 Å². The lowest BCUT2D eigenvalue weighted by Gasteiger charge is -2.21. The molecule has 0 rings (SSSR count). The highest BCUT2D eigenvalue weighted by Gasteiger charge is 2.28. The summed E-state index contributed by atoms with van der Waals surface area (Å²) in [5.41, 5.74) is 0. The van der Waals surface area contributed by atoms with Crippen molar-refractivity contribution in [3.05, 3.63) is 12.2 Å². The molecule has 0 aromatic rings. The van der Waals surface area contributed by atoms with Crippen molar-refractivity contribution in [2.45, 2.75) is 341 Å². The minimum absolute atomic E-state index is 0.173. The fourth-order valence-corrected chi connectivity index (χ4v) is 10.1. The first-order valence-corrected chi connectivity index (χ1v) is 33.1. The second-order valence-electron chi connectivity index (χ2n) is 21.6. The van der Waals surface area contributed by atoms with Gasteiger partial charge in [0.05, 0.1) is 19.8 Å². The quantitative estimate of drug-likeness (QED) is 0.0197. The number of carbonyl (C=O) groups excluding carboxylic acids is 3. The SMILES string of the molecule is CCCCCC/C=C\CCCCCCCC(=O)OC(CO)COP(=O)(O)OCC(COC(=O)CCCCCCCCCCCCCCCCCCC)OC(=O)CCCCCCCCCCCCCCCCCCC. The second-order valence-corrected chi connectivity index (χ2v) is 23.0. The van der Waals surface area contributed by atoms with E-state index in [1.165, 1.54) is 193 Å². The fraction of sp³-hybridized carbons (Fsp3) is 0.919. The zero-order chi connectivity index (χ0) is 54.1. The Kier molecular flexibility index (Phi) is 56.0. The number of aliphatic hydroxyl groups is 1. The molecule has 0 aliphatic heterocycles. The monoisotopic (exact) mass is 1070 g/mol. The van der Waals surface area contributed by atoms with Gasteiger partial charge in [-0.3, -0.25) is 23.4 Å². The Morgan fingerprint density at radius 2 is 0.622 bits per heavy atom. The molecule has 438 valence electrons. The van der Waals surface area contributed by atoms with Gasteiger partial charge in [-0.05, 0) is 44.9 Å². The van der Waals surface area contributed by atoms with Crippen molar-refractivity contribution in [3.8, 4) is 0 Å². The maximum Gasteiger partial charge on any atom is 0.472 e. The van der Waals surface area contributed by atoms with Gasteiger partial charge in [0, 0.05) is 19.3 Å². The van der Waals surface area contributed by atoms with Gasteiger partial charge in [0.25, 0.3) is 0 Å². The van der Waals surface area contributed by atoms with Crippen molar-refractivity contribution >= 4 is 25.7 Å². The number of phosphoric ester groups is 1. The molecule has 0 saturated heterocycles. The van der Waals surface area contributed by atoms with Crippen LogP contribution in [0, 0.1) is 0 Å². The lowest BCUT2D eigenvalue weighted by atomic mass is 10.0. The Morgan fingerprint density at radius 1 is 0.365 bits per heavy atom. The molecule has 3 atom stereocenters. The summed E-state index contributed by atoms with van der Waals surface area (Å²) >= 11 is 0. The lowest BCUT2D eigenvalue weighted by Crippen LogP contribution is -2.30. The highest BCUT2D eigenvalue weighted by Crippen LogP contribution is 2.43. The summed E-state index contributed by atoms with van der Waals surface area (Å²) in [7, 11) is -4.74. The molecular formula is C62H119O11P. The van der Waals surface area contributed by atoms with Crippen molar-refractivity contribution in [2.75, 3.05) is 26.4 Å². The molecule has 12 heteroatoms. The van der Waals surface area contributed by atoms with Crippen LogP contribution in [0.5, 0.6) is 0 Å². The van der Waals surface area contributed by atoms with Gasteiger partial charge in [-0.15, -0.1) is 0 Å². The third kappa shape index (κ3) is 55.0. The van der Waals surface area contributed by atoms with Gasteiger partial charge >= 0.3 is 25.7 Å². The van der Waals surface area contributed by atoms with Crippen LogP contribution in [-0.2, 0) is 42.2 Å². The first-order valence-electron chi connectivity index (χ1n) is 31.6. The Labute approximate surface area is 456 Å². The molecule has 0 fully saturated rings. The van der Waals surface area contributed by atoms with Crippen molar-refractivity contribution in [2.24, 2.45) is 0 Å². The third-order valence-electron chi connectivity index (χ3n) is 14.2. The van der Waals surface area contributed by atoms with E-state index >= 15 is 0 Å². The number of hydrogen-bond donors (Lipinski definition) is 2.